The molecule has 0 fully saturated rings. The fourth-order valence-corrected chi connectivity index (χ4v) is 12.6. The van der Waals surface area contributed by atoms with Crippen LogP contribution in [0.3, 0.4) is 0 Å². The van der Waals surface area contributed by atoms with Gasteiger partial charge in [-0.2, -0.15) is 0 Å². The summed E-state index contributed by atoms with van der Waals surface area (Å²) < 4.78 is 0. The first kappa shape index (κ1) is 47.3. The fraction of sp³-hybridized carbons (Fsp3) is 0.162. The Kier molecular flexibility index (Phi) is 12.4. The Bertz CT molecular complexity index is 4050. The van der Waals surface area contributed by atoms with Crippen molar-refractivity contribution < 1.29 is 0 Å². The van der Waals surface area contributed by atoms with Gasteiger partial charge in [-0.25, -0.2) is 0 Å². The van der Waals surface area contributed by atoms with E-state index in [0.717, 1.165) is 36.3 Å². The van der Waals surface area contributed by atoms with Crippen molar-refractivity contribution in [2.24, 2.45) is 0 Å². The normalized spacial score (nSPS) is 12.3. The van der Waals surface area contributed by atoms with Crippen LogP contribution in [0.5, 0.6) is 0 Å². The van der Waals surface area contributed by atoms with Crippen molar-refractivity contribution in [3.8, 4) is 22.3 Å². The Morgan fingerprint density at radius 2 is 0.671 bits per heavy atom. The van der Waals surface area contributed by atoms with Gasteiger partial charge < -0.3 is 9.80 Å². The van der Waals surface area contributed by atoms with Crippen molar-refractivity contribution >= 4 is 98.8 Å². The molecule has 2 heteroatoms. The molecule has 13 aromatic rings. The number of aryl methyl sites for hydroxylation is 2. The average molecular weight is 981 g/mol. The minimum atomic E-state index is 0.498. The van der Waals surface area contributed by atoms with Crippen molar-refractivity contribution in [3.05, 3.63) is 241 Å². The predicted octanol–water partition coefficient (Wildman–Crippen LogP) is 22.0. The van der Waals surface area contributed by atoms with Crippen LogP contribution in [0.4, 0.5) is 34.1 Å². The SMILES string of the molecule is CCCCc1ccc(N(c2ccccc2)c2ccc3c4c(-c5ccccc5)c5c6ccc(N(c7ccc(CCCC)cc7)c7ccc(C(C)CC)cc7)c7cccc(c5c(-c5ccccc5)c4c4cccc2c43)c76)cc1. The molecule has 0 aromatic heterocycles. The minimum absolute atomic E-state index is 0.498. The molecule has 0 saturated heterocycles. The summed E-state index contributed by atoms with van der Waals surface area (Å²) in [6.45, 7) is 9.15. The zero-order chi connectivity index (χ0) is 51.3. The summed E-state index contributed by atoms with van der Waals surface area (Å²) in [6.07, 6.45) is 8.06. The van der Waals surface area contributed by atoms with Gasteiger partial charge in [-0.05, 0) is 191 Å². The summed E-state index contributed by atoms with van der Waals surface area (Å²) in [4.78, 5) is 4.96. The molecule has 1 unspecified atom stereocenters. The molecule has 0 spiro atoms. The number of hydrogen-bond donors (Lipinski definition) is 0. The molecule has 0 heterocycles. The third-order valence-corrected chi connectivity index (χ3v) is 16.6. The van der Waals surface area contributed by atoms with Crippen LogP contribution in [-0.4, -0.2) is 0 Å². The van der Waals surface area contributed by atoms with E-state index in [2.05, 4.69) is 262 Å². The number of para-hydroxylation sites is 1. The highest BCUT2D eigenvalue weighted by atomic mass is 15.1. The molecule has 0 amide bonds. The second-order valence-electron chi connectivity index (χ2n) is 21.2. The van der Waals surface area contributed by atoms with E-state index < -0.39 is 0 Å². The maximum Gasteiger partial charge on any atom is 0.0540 e. The Morgan fingerprint density at radius 1 is 0.316 bits per heavy atom. The van der Waals surface area contributed by atoms with Crippen molar-refractivity contribution in [2.45, 2.75) is 78.6 Å². The van der Waals surface area contributed by atoms with E-state index in [-0.39, 0.29) is 0 Å². The number of rotatable bonds is 16. The second-order valence-corrected chi connectivity index (χ2v) is 21.2. The summed E-state index contributed by atoms with van der Waals surface area (Å²) in [7, 11) is 0. The molecule has 0 bridgehead atoms. The minimum Gasteiger partial charge on any atom is -0.310 e. The van der Waals surface area contributed by atoms with Crippen LogP contribution < -0.4 is 9.80 Å². The molecule has 1 atom stereocenters. The van der Waals surface area contributed by atoms with Gasteiger partial charge >= 0.3 is 0 Å². The predicted molar refractivity (Wildman–Crippen MR) is 330 cm³/mol. The van der Waals surface area contributed by atoms with Gasteiger partial charge in [0, 0.05) is 33.5 Å². The average Bonchev–Trinajstić information content (AvgIpc) is 4.03. The van der Waals surface area contributed by atoms with Crippen LogP contribution in [0.15, 0.2) is 224 Å². The number of fused-ring (bicyclic) bond motifs is 6. The number of unbranched alkanes of at least 4 members (excludes halogenated alkanes) is 2. The lowest BCUT2D eigenvalue weighted by molar-refractivity contribution is 0.733. The molecule has 0 aliphatic heterocycles. The third kappa shape index (κ3) is 7.93. The third-order valence-electron chi connectivity index (χ3n) is 16.6. The molecule has 370 valence electrons. The largest absolute Gasteiger partial charge is 0.310 e. The lowest BCUT2D eigenvalue weighted by Gasteiger charge is -2.27. The van der Waals surface area contributed by atoms with E-state index in [1.54, 1.807) is 0 Å². The van der Waals surface area contributed by atoms with Gasteiger partial charge in [0.15, 0.2) is 0 Å². The van der Waals surface area contributed by atoms with E-state index >= 15 is 0 Å². The smallest absolute Gasteiger partial charge is 0.0540 e. The van der Waals surface area contributed by atoms with Gasteiger partial charge in [0.05, 0.1) is 11.4 Å². The van der Waals surface area contributed by atoms with Crippen molar-refractivity contribution in [1.29, 1.82) is 0 Å². The maximum absolute atomic E-state index is 2.50. The molecule has 0 radical (unpaired) electrons. The van der Waals surface area contributed by atoms with Crippen LogP contribution in [0, 0.1) is 0 Å². The van der Waals surface area contributed by atoms with Gasteiger partial charge in [-0.1, -0.05) is 204 Å². The van der Waals surface area contributed by atoms with Gasteiger partial charge in [0.2, 0.25) is 0 Å². The fourth-order valence-electron chi connectivity index (χ4n) is 12.6. The molecule has 0 N–H and O–H groups in total. The summed E-state index contributed by atoms with van der Waals surface area (Å²) in [6, 6.07) is 85.2. The highest BCUT2D eigenvalue weighted by molar-refractivity contribution is 6.47. The van der Waals surface area contributed by atoms with Crippen molar-refractivity contribution in [2.75, 3.05) is 9.80 Å². The van der Waals surface area contributed by atoms with Crippen LogP contribution in [0.2, 0.25) is 0 Å². The van der Waals surface area contributed by atoms with Gasteiger partial charge in [-0.15, -0.1) is 0 Å². The molecule has 2 nitrogen and oxygen atoms in total. The van der Waals surface area contributed by atoms with Gasteiger partial charge in [0.25, 0.3) is 0 Å². The van der Waals surface area contributed by atoms with Gasteiger partial charge in [0.1, 0.15) is 0 Å². The quantitative estimate of drug-likeness (QED) is 0.0952. The maximum atomic E-state index is 2.50. The molecule has 13 aromatic carbocycles. The zero-order valence-electron chi connectivity index (χ0n) is 44.3. The van der Waals surface area contributed by atoms with Crippen LogP contribution in [0.25, 0.3) is 86.9 Å². The highest BCUT2D eigenvalue weighted by Crippen LogP contribution is 2.57. The molecule has 0 saturated carbocycles. The number of hydrogen-bond acceptors (Lipinski definition) is 2. The summed E-state index contributed by atoms with van der Waals surface area (Å²) in [5.74, 6) is 0.498. The summed E-state index contributed by atoms with van der Waals surface area (Å²) in [5.41, 5.74) is 16.2. The van der Waals surface area contributed by atoms with Gasteiger partial charge in [-0.3, -0.25) is 0 Å². The highest BCUT2D eigenvalue weighted by Gasteiger charge is 2.30. The molecular formula is C74H64N2. The Labute approximate surface area is 448 Å². The van der Waals surface area contributed by atoms with E-state index in [9.17, 15) is 0 Å². The van der Waals surface area contributed by atoms with E-state index in [1.165, 1.54) is 146 Å². The van der Waals surface area contributed by atoms with Crippen LogP contribution >= 0.6 is 0 Å². The Hall–Kier alpha value is -8.46. The second kappa shape index (κ2) is 20.0. The molecular weight excluding hydrogens is 917 g/mol. The lowest BCUT2D eigenvalue weighted by atomic mass is 9.87. The topological polar surface area (TPSA) is 6.48 Å². The Morgan fingerprint density at radius 3 is 1.07 bits per heavy atom. The summed E-state index contributed by atoms with van der Waals surface area (Å²) >= 11 is 0. The first-order chi connectivity index (χ1) is 37.5. The molecule has 13 rings (SSSR count). The first-order valence-corrected chi connectivity index (χ1v) is 27.9. The Balaban J connectivity index is 1.12. The number of anilines is 6. The zero-order valence-corrected chi connectivity index (χ0v) is 44.3. The van der Waals surface area contributed by atoms with Crippen molar-refractivity contribution in [3.63, 3.8) is 0 Å². The standard InChI is InChI=1S/C74H64N2/c1-5-8-21-50-33-39-56(40-34-50)75(55-27-17-12-18-28-55)65-47-45-63-69-59(65)29-19-31-61(69)71-67(53-23-13-10-14-24-53)72-62-32-20-30-60-66(48-46-64(70(60)62)74(72)68(73(63)71)54-25-15-11-16-26-54)76(57-41-35-51(36-42-57)22-9-6-2)58-43-37-52(38-44-58)49(4)7-3/h10-20,23-49H,5-9,21-22H2,1-4H3. The van der Waals surface area contributed by atoms with E-state index in [1.807, 2.05) is 0 Å². The molecule has 0 aliphatic rings. The van der Waals surface area contributed by atoms with Crippen molar-refractivity contribution in [1.82, 2.24) is 0 Å². The molecule has 76 heavy (non-hydrogen) atoms. The number of benzene rings is 11. The first-order valence-electron chi connectivity index (χ1n) is 27.9. The van der Waals surface area contributed by atoms with E-state index in [0.29, 0.717) is 5.92 Å². The van der Waals surface area contributed by atoms with Crippen LogP contribution in [0.1, 0.15) is 82.4 Å². The summed E-state index contributed by atoms with van der Waals surface area (Å²) in [5, 5.41) is 15.5. The van der Waals surface area contributed by atoms with Crippen LogP contribution in [-0.2, 0) is 12.8 Å². The monoisotopic (exact) mass is 981 g/mol. The molecule has 0 aliphatic carbocycles. The number of nitrogens with zero attached hydrogens (tertiary/aromatic N) is 2. The lowest BCUT2D eigenvalue weighted by Crippen LogP contribution is -2.11. The van der Waals surface area contributed by atoms with E-state index in [4.69, 9.17) is 0 Å².